The molecule has 1 aliphatic heterocycles. The maximum Gasteiger partial charge on any atom is 0.314 e. The molecule has 174 valence electrons. The number of rotatable bonds is 5. The highest BCUT2D eigenvalue weighted by atomic mass is 32.2. The molecule has 7 nitrogen and oxygen atoms in total. The van der Waals surface area contributed by atoms with Crippen LogP contribution in [0.1, 0.15) is 65.3 Å². The molecule has 1 atom stereocenters. The van der Waals surface area contributed by atoms with E-state index in [9.17, 15) is 27.2 Å². The van der Waals surface area contributed by atoms with E-state index in [-0.39, 0.29) is 71.6 Å². The van der Waals surface area contributed by atoms with Gasteiger partial charge in [0.1, 0.15) is 11.6 Å². The van der Waals surface area contributed by atoms with Gasteiger partial charge in [0, 0.05) is 30.6 Å². The molecule has 1 unspecified atom stereocenters. The minimum Gasteiger partial charge on any atom is -0.426 e. The standard InChI is InChI=1S/C24H24FNO6S/c1-14-12-20(28)23-21(7-6-19(25)22(14)23)32-24(29)16-8-10-26(11-9-16)33(30,31)18-5-3-4-17(13-18)15(2)27/h3-7,13-14,16H,8-12H2,1-2H3. The second kappa shape index (κ2) is 8.79. The van der Waals surface area contributed by atoms with Crippen molar-refractivity contribution in [2.45, 2.75) is 43.9 Å². The number of nitrogens with zero attached hydrogens (tertiary/aromatic N) is 1. The van der Waals surface area contributed by atoms with Crippen molar-refractivity contribution in [3.05, 3.63) is 58.9 Å². The number of piperidine rings is 1. The van der Waals surface area contributed by atoms with Gasteiger partial charge in [-0.05, 0) is 49.9 Å². The van der Waals surface area contributed by atoms with E-state index in [1.807, 2.05) is 0 Å². The minimum absolute atomic E-state index is 0.0331. The highest BCUT2D eigenvalue weighted by molar-refractivity contribution is 7.89. The van der Waals surface area contributed by atoms with Gasteiger partial charge in [0.15, 0.2) is 11.6 Å². The SMILES string of the molecule is CC(=O)c1cccc(S(=O)(=O)N2CCC(C(=O)Oc3ccc(F)c4c3C(=O)CC4C)CC2)c1. The Morgan fingerprint density at radius 2 is 1.82 bits per heavy atom. The van der Waals surface area contributed by atoms with Gasteiger partial charge in [0.2, 0.25) is 10.0 Å². The average molecular weight is 474 g/mol. The largest absolute Gasteiger partial charge is 0.426 e. The van der Waals surface area contributed by atoms with Gasteiger partial charge in [-0.2, -0.15) is 4.31 Å². The number of ketones is 2. The molecule has 0 N–H and O–H groups in total. The van der Waals surface area contributed by atoms with Gasteiger partial charge >= 0.3 is 5.97 Å². The number of sulfonamides is 1. The molecule has 1 saturated heterocycles. The summed E-state index contributed by atoms with van der Waals surface area (Å²) in [5.74, 6) is -2.30. The van der Waals surface area contributed by atoms with Crippen LogP contribution >= 0.6 is 0 Å². The van der Waals surface area contributed by atoms with Crippen molar-refractivity contribution in [3.63, 3.8) is 0 Å². The third-order valence-electron chi connectivity index (χ3n) is 6.29. The number of halogens is 1. The molecule has 33 heavy (non-hydrogen) atoms. The molecule has 2 aliphatic rings. The van der Waals surface area contributed by atoms with Gasteiger partial charge < -0.3 is 4.74 Å². The third-order valence-corrected chi connectivity index (χ3v) is 8.19. The Labute approximate surface area is 191 Å². The van der Waals surface area contributed by atoms with Crippen molar-refractivity contribution in [2.75, 3.05) is 13.1 Å². The number of benzene rings is 2. The fourth-order valence-corrected chi connectivity index (χ4v) is 5.98. The van der Waals surface area contributed by atoms with E-state index in [2.05, 4.69) is 0 Å². The van der Waals surface area contributed by atoms with Crippen LogP contribution in [0, 0.1) is 11.7 Å². The Kier molecular flexibility index (Phi) is 6.20. The van der Waals surface area contributed by atoms with Crippen LogP contribution in [0.15, 0.2) is 41.3 Å². The summed E-state index contributed by atoms with van der Waals surface area (Å²) in [6, 6.07) is 8.36. The first-order chi connectivity index (χ1) is 15.6. The second-order valence-corrected chi connectivity index (χ2v) is 10.5. The second-order valence-electron chi connectivity index (χ2n) is 8.55. The fraction of sp³-hybridized carbons (Fsp3) is 0.375. The van der Waals surface area contributed by atoms with Crippen molar-refractivity contribution >= 4 is 27.6 Å². The number of Topliss-reactive ketones (excluding diaryl/α,β-unsaturated/α-hetero) is 2. The molecule has 0 bridgehead atoms. The van der Waals surface area contributed by atoms with Crippen molar-refractivity contribution < 1.29 is 31.9 Å². The van der Waals surface area contributed by atoms with Gasteiger partial charge in [0.05, 0.1) is 16.4 Å². The number of hydrogen-bond acceptors (Lipinski definition) is 6. The van der Waals surface area contributed by atoms with Crippen LogP contribution in [0.25, 0.3) is 0 Å². The zero-order valence-corrected chi connectivity index (χ0v) is 19.2. The zero-order chi connectivity index (χ0) is 23.9. The molecule has 1 fully saturated rings. The highest BCUT2D eigenvalue weighted by Gasteiger charge is 2.36. The van der Waals surface area contributed by atoms with Gasteiger partial charge in [-0.3, -0.25) is 14.4 Å². The van der Waals surface area contributed by atoms with Crippen LogP contribution in [-0.2, 0) is 14.8 Å². The molecule has 0 aromatic heterocycles. The van der Waals surface area contributed by atoms with Crippen molar-refractivity contribution in [2.24, 2.45) is 5.92 Å². The van der Waals surface area contributed by atoms with Crippen LogP contribution < -0.4 is 4.74 Å². The lowest BCUT2D eigenvalue weighted by molar-refractivity contribution is -0.140. The minimum atomic E-state index is -3.81. The summed E-state index contributed by atoms with van der Waals surface area (Å²) in [6.07, 6.45) is 0.665. The third kappa shape index (κ3) is 4.35. The Morgan fingerprint density at radius 3 is 2.48 bits per heavy atom. The molecular weight excluding hydrogens is 449 g/mol. The molecule has 0 spiro atoms. The topological polar surface area (TPSA) is 97.8 Å². The lowest BCUT2D eigenvalue weighted by Crippen LogP contribution is -2.41. The maximum absolute atomic E-state index is 14.2. The lowest BCUT2D eigenvalue weighted by atomic mass is 9.98. The van der Waals surface area contributed by atoms with Gasteiger partial charge in [0.25, 0.3) is 0 Å². The van der Waals surface area contributed by atoms with E-state index in [0.29, 0.717) is 5.56 Å². The number of esters is 1. The predicted molar refractivity (Wildman–Crippen MR) is 117 cm³/mol. The number of fused-ring (bicyclic) bond motifs is 1. The van der Waals surface area contributed by atoms with Crippen LogP contribution in [0.4, 0.5) is 4.39 Å². The van der Waals surface area contributed by atoms with Gasteiger partial charge in [-0.1, -0.05) is 19.1 Å². The quantitative estimate of drug-likeness (QED) is 0.373. The van der Waals surface area contributed by atoms with E-state index in [1.165, 1.54) is 41.6 Å². The van der Waals surface area contributed by atoms with Crippen molar-refractivity contribution in [3.8, 4) is 5.75 Å². The first-order valence-corrected chi connectivity index (χ1v) is 12.2. The van der Waals surface area contributed by atoms with E-state index in [1.54, 1.807) is 13.0 Å². The molecule has 0 radical (unpaired) electrons. The van der Waals surface area contributed by atoms with E-state index in [4.69, 9.17) is 4.74 Å². The van der Waals surface area contributed by atoms with Crippen molar-refractivity contribution in [1.82, 2.24) is 4.31 Å². The summed E-state index contributed by atoms with van der Waals surface area (Å²) in [5, 5.41) is 0. The Morgan fingerprint density at radius 1 is 1.12 bits per heavy atom. The number of ether oxygens (including phenoxy) is 1. The molecule has 1 heterocycles. The zero-order valence-electron chi connectivity index (χ0n) is 18.3. The van der Waals surface area contributed by atoms with Crippen LogP contribution in [-0.4, -0.2) is 43.3 Å². The first kappa shape index (κ1) is 23.3. The molecule has 4 rings (SSSR count). The van der Waals surface area contributed by atoms with Crippen LogP contribution in [0.3, 0.4) is 0 Å². The molecule has 9 heteroatoms. The Balaban J connectivity index is 1.45. The monoisotopic (exact) mass is 473 g/mol. The van der Waals surface area contributed by atoms with Crippen LogP contribution in [0.2, 0.25) is 0 Å². The Hall–Kier alpha value is -2.91. The highest BCUT2D eigenvalue weighted by Crippen LogP contribution is 2.40. The lowest BCUT2D eigenvalue weighted by Gasteiger charge is -2.30. The summed E-state index contributed by atoms with van der Waals surface area (Å²) in [4.78, 5) is 36.7. The Bertz CT molecular complexity index is 1250. The number of hydrogen-bond donors (Lipinski definition) is 0. The normalized spacial score (nSPS) is 19.4. The first-order valence-electron chi connectivity index (χ1n) is 10.8. The summed E-state index contributed by atoms with van der Waals surface area (Å²) in [6.45, 7) is 3.35. The summed E-state index contributed by atoms with van der Waals surface area (Å²) >= 11 is 0. The predicted octanol–water partition coefficient (Wildman–Crippen LogP) is 3.72. The van der Waals surface area contributed by atoms with Gasteiger partial charge in [-0.15, -0.1) is 0 Å². The fourth-order valence-electron chi connectivity index (χ4n) is 4.46. The molecular formula is C24H24FNO6S. The average Bonchev–Trinajstić information content (AvgIpc) is 3.10. The summed E-state index contributed by atoms with van der Waals surface area (Å²) in [7, 11) is -3.81. The maximum atomic E-state index is 14.2. The van der Waals surface area contributed by atoms with Gasteiger partial charge in [-0.25, -0.2) is 12.8 Å². The van der Waals surface area contributed by atoms with Crippen molar-refractivity contribution in [1.29, 1.82) is 0 Å². The molecule has 1 aliphatic carbocycles. The molecule has 0 amide bonds. The molecule has 2 aromatic rings. The molecule has 0 saturated carbocycles. The smallest absolute Gasteiger partial charge is 0.314 e. The molecule has 2 aromatic carbocycles. The van der Waals surface area contributed by atoms with E-state index in [0.717, 1.165) is 0 Å². The summed E-state index contributed by atoms with van der Waals surface area (Å²) in [5.41, 5.74) is 0.713. The van der Waals surface area contributed by atoms with E-state index < -0.39 is 27.7 Å². The number of carbonyl (C=O) groups excluding carboxylic acids is 3. The number of carbonyl (C=O) groups is 3. The van der Waals surface area contributed by atoms with Crippen LogP contribution in [0.5, 0.6) is 5.75 Å². The summed E-state index contributed by atoms with van der Waals surface area (Å²) < 4.78 is 46.9. The van der Waals surface area contributed by atoms with E-state index >= 15 is 0 Å².